The predicted molar refractivity (Wildman–Crippen MR) is 18.2 cm³/mol. The molecular formula is C3H9NY. The Balaban J connectivity index is 0. The van der Waals surface area contributed by atoms with Crippen LogP contribution < -0.4 is 4.90 Å². The maximum absolute atomic E-state index is 3.56. The zero-order chi connectivity index (χ0) is 3.58. The van der Waals surface area contributed by atoms with E-state index in [4.69, 9.17) is 0 Å². The van der Waals surface area contributed by atoms with Crippen molar-refractivity contribution in [2.24, 2.45) is 0 Å². The Bertz CT molecular complexity index is 11.6. The van der Waals surface area contributed by atoms with Crippen molar-refractivity contribution in [1.29, 1.82) is 0 Å². The predicted octanol–water partition coefficient (Wildman–Crippen LogP) is -1.08. The van der Waals surface area contributed by atoms with Crippen molar-refractivity contribution in [3.8, 4) is 0 Å². The summed E-state index contributed by atoms with van der Waals surface area (Å²) in [5, 5.41) is 0. The van der Waals surface area contributed by atoms with Crippen LogP contribution in [-0.4, -0.2) is 14.1 Å². The van der Waals surface area contributed by atoms with Crippen LogP contribution in [0, 0.1) is 7.05 Å². The standard InChI is InChI=1S/C3H9N.Y/c1-4(2)3;/h4H,1H2,2-3H3;. The summed E-state index contributed by atoms with van der Waals surface area (Å²) in [6.45, 7) is 0. The molecule has 0 aromatic carbocycles. The van der Waals surface area contributed by atoms with Crippen molar-refractivity contribution in [2.45, 2.75) is 0 Å². The van der Waals surface area contributed by atoms with Crippen LogP contribution in [0.1, 0.15) is 0 Å². The topological polar surface area (TPSA) is 4.44 Å². The van der Waals surface area contributed by atoms with E-state index in [9.17, 15) is 0 Å². The minimum absolute atomic E-state index is 0. The molecule has 0 aliphatic rings. The van der Waals surface area contributed by atoms with Gasteiger partial charge < -0.3 is 4.90 Å². The molecule has 0 aliphatic heterocycles. The Morgan fingerprint density at radius 2 is 1.40 bits per heavy atom. The Morgan fingerprint density at radius 1 is 1.40 bits per heavy atom. The van der Waals surface area contributed by atoms with Crippen molar-refractivity contribution < 1.29 is 37.6 Å². The summed E-state index contributed by atoms with van der Waals surface area (Å²) in [7, 11) is 7.50. The van der Waals surface area contributed by atoms with Gasteiger partial charge in [-0.15, -0.1) is 0 Å². The molecule has 1 N–H and O–H groups in total. The van der Waals surface area contributed by atoms with Crippen molar-refractivity contribution >= 4 is 0 Å². The van der Waals surface area contributed by atoms with Gasteiger partial charge in [-0.05, 0) is 0 Å². The zero-order valence-electron chi connectivity index (χ0n) is 3.78. The molecule has 1 radical (unpaired) electrons. The molecule has 0 amide bonds. The van der Waals surface area contributed by atoms with Gasteiger partial charge in [0.05, 0.1) is 0 Å². The number of nitrogens with one attached hydrogen (secondary N) is 1. The van der Waals surface area contributed by atoms with Crippen LogP contribution >= 0.6 is 0 Å². The van der Waals surface area contributed by atoms with Crippen molar-refractivity contribution in [2.75, 3.05) is 14.1 Å². The molecule has 0 unspecified atom stereocenters. The monoisotopic (exact) mass is 148 g/mol. The summed E-state index contributed by atoms with van der Waals surface area (Å²) < 4.78 is 0. The number of quaternary nitrogens is 1. The number of hydrogen-bond donors (Lipinski definition) is 1. The Morgan fingerprint density at radius 3 is 1.40 bits per heavy atom. The van der Waals surface area contributed by atoms with Gasteiger partial charge in [0.2, 0.25) is 0 Å². The van der Waals surface area contributed by atoms with Gasteiger partial charge >= 0.3 is 0 Å². The van der Waals surface area contributed by atoms with E-state index < -0.39 is 0 Å². The van der Waals surface area contributed by atoms with E-state index in [-0.39, 0.29) is 32.7 Å². The molecule has 2 heteroatoms. The third-order valence-corrected chi connectivity index (χ3v) is 0. The summed E-state index contributed by atoms with van der Waals surface area (Å²) in [4.78, 5) is 1.17. The van der Waals surface area contributed by atoms with Crippen LogP contribution in [0.3, 0.4) is 0 Å². The SMILES string of the molecule is [CH2-][NH+](C)C.[Y]. The van der Waals surface area contributed by atoms with Crippen molar-refractivity contribution in [3.63, 3.8) is 0 Å². The number of rotatable bonds is 0. The van der Waals surface area contributed by atoms with Crippen LogP contribution in [-0.2, 0) is 32.7 Å². The maximum atomic E-state index is 3.56. The van der Waals surface area contributed by atoms with Crippen LogP contribution in [0.25, 0.3) is 0 Å². The average molecular weight is 148 g/mol. The summed E-state index contributed by atoms with van der Waals surface area (Å²) in [5.74, 6) is 0. The summed E-state index contributed by atoms with van der Waals surface area (Å²) >= 11 is 0. The summed E-state index contributed by atoms with van der Waals surface area (Å²) in [6.07, 6.45) is 0. The molecule has 29 valence electrons. The van der Waals surface area contributed by atoms with Gasteiger partial charge in [-0.3, -0.25) is 0 Å². The Kier molecular flexibility index (Phi) is 9.54. The molecule has 0 saturated heterocycles. The first kappa shape index (κ1) is 9.42. The molecule has 0 aromatic rings. The Hall–Kier alpha value is 1.06. The third-order valence-electron chi connectivity index (χ3n) is 0. The smallest absolute Gasteiger partial charge is 0.0421 e. The first-order valence-electron chi connectivity index (χ1n) is 1.35. The van der Waals surface area contributed by atoms with E-state index >= 15 is 0 Å². The molecule has 0 spiro atoms. The van der Waals surface area contributed by atoms with E-state index in [1.165, 1.54) is 4.90 Å². The molecular weight excluding hydrogens is 139 g/mol. The summed E-state index contributed by atoms with van der Waals surface area (Å²) in [6, 6.07) is 0. The van der Waals surface area contributed by atoms with Crippen LogP contribution in [0.2, 0.25) is 0 Å². The summed E-state index contributed by atoms with van der Waals surface area (Å²) in [5.41, 5.74) is 0. The molecule has 0 aromatic heterocycles. The molecule has 0 bridgehead atoms. The fourth-order valence-electron chi connectivity index (χ4n) is 0. The molecule has 0 saturated carbocycles. The van der Waals surface area contributed by atoms with Crippen molar-refractivity contribution in [3.05, 3.63) is 7.05 Å². The van der Waals surface area contributed by atoms with Crippen LogP contribution in [0.5, 0.6) is 0 Å². The fraction of sp³-hybridized carbons (Fsp3) is 0.667. The third kappa shape index (κ3) is 42.0. The normalized spacial score (nSPS) is 7.20. The van der Waals surface area contributed by atoms with E-state index in [1.807, 2.05) is 14.1 Å². The van der Waals surface area contributed by atoms with Gasteiger partial charge in [-0.2, -0.15) is 7.05 Å². The van der Waals surface area contributed by atoms with E-state index in [0.717, 1.165) is 0 Å². The van der Waals surface area contributed by atoms with Crippen molar-refractivity contribution in [1.82, 2.24) is 0 Å². The maximum Gasteiger partial charge on any atom is 0.0421 e. The molecule has 0 fully saturated rings. The Labute approximate surface area is 58.6 Å². The first-order chi connectivity index (χ1) is 1.73. The average Bonchev–Trinajstić information content (AvgIpc) is 0.811. The van der Waals surface area contributed by atoms with Gasteiger partial charge in [0.15, 0.2) is 0 Å². The minimum atomic E-state index is 0. The second kappa shape index (κ2) is 5.06. The van der Waals surface area contributed by atoms with Crippen LogP contribution in [0.4, 0.5) is 0 Å². The molecule has 0 rings (SSSR count). The van der Waals surface area contributed by atoms with E-state index in [1.54, 1.807) is 0 Å². The van der Waals surface area contributed by atoms with E-state index in [0.29, 0.717) is 0 Å². The fourth-order valence-corrected chi connectivity index (χ4v) is 0. The zero-order valence-corrected chi connectivity index (χ0v) is 6.62. The largest absolute Gasteiger partial charge is 0.473 e. The number of hydrogen-bond acceptors (Lipinski definition) is 0. The molecule has 5 heavy (non-hydrogen) atoms. The first-order valence-corrected chi connectivity index (χ1v) is 1.35. The van der Waals surface area contributed by atoms with Gasteiger partial charge in [0, 0.05) is 46.8 Å². The molecule has 0 heterocycles. The van der Waals surface area contributed by atoms with Gasteiger partial charge in [-0.1, -0.05) is 0 Å². The van der Waals surface area contributed by atoms with Crippen LogP contribution in [0.15, 0.2) is 0 Å². The van der Waals surface area contributed by atoms with Gasteiger partial charge in [-0.25, -0.2) is 0 Å². The molecule has 1 nitrogen and oxygen atoms in total. The quantitative estimate of drug-likeness (QED) is 0.417. The van der Waals surface area contributed by atoms with Gasteiger partial charge in [0.25, 0.3) is 0 Å². The van der Waals surface area contributed by atoms with Gasteiger partial charge in [0.1, 0.15) is 0 Å². The second-order valence-electron chi connectivity index (χ2n) is 1.21. The second-order valence-corrected chi connectivity index (χ2v) is 1.21. The van der Waals surface area contributed by atoms with E-state index in [2.05, 4.69) is 7.05 Å². The molecule has 0 aliphatic carbocycles. The molecule has 0 atom stereocenters. The minimum Gasteiger partial charge on any atom is -0.473 e.